The molecule has 0 radical (unpaired) electrons. The number of carbonyl (C=O) groups is 2. The summed E-state index contributed by atoms with van der Waals surface area (Å²) in [6, 6.07) is 11.6. The largest absolute Gasteiger partial charge is 0.327 e. The van der Waals surface area contributed by atoms with Gasteiger partial charge < -0.3 is 10.2 Å². The Bertz CT molecular complexity index is 828. The van der Waals surface area contributed by atoms with E-state index in [1.54, 1.807) is 23.1 Å². The van der Waals surface area contributed by atoms with Crippen LogP contribution in [0.4, 0.5) is 5.69 Å². The molecular weight excluding hydrogens is 427 g/mol. The van der Waals surface area contributed by atoms with Gasteiger partial charge in [-0.1, -0.05) is 35.3 Å². The van der Waals surface area contributed by atoms with Crippen molar-refractivity contribution in [3.05, 3.63) is 62.5 Å². The number of amides is 2. The molecular formula is C18H15BrCl2N2O2. The van der Waals surface area contributed by atoms with E-state index in [4.69, 9.17) is 23.2 Å². The zero-order chi connectivity index (χ0) is 18.0. The molecule has 1 heterocycles. The molecule has 2 amide bonds. The summed E-state index contributed by atoms with van der Waals surface area (Å²) in [5.41, 5.74) is 0.988. The van der Waals surface area contributed by atoms with Gasteiger partial charge in [-0.25, -0.2) is 0 Å². The number of halogens is 3. The van der Waals surface area contributed by atoms with E-state index in [0.717, 1.165) is 10.9 Å². The summed E-state index contributed by atoms with van der Waals surface area (Å²) >= 11 is 15.5. The Kier molecular flexibility index (Phi) is 5.67. The Morgan fingerprint density at radius 1 is 1.16 bits per heavy atom. The summed E-state index contributed by atoms with van der Waals surface area (Å²) in [5.74, 6) is -0.492. The fraction of sp³-hybridized carbons (Fsp3) is 0.222. The van der Waals surface area contributed by atoms with Gasteiger partial charge in [0.05, 0.1) is 16.3 Å². The summed E-state index contributed by atoms with van der Waals surface area (Å²) in [6.07, 6.45) is 1.37. The lowest BCUT2D eigenvalue weighted by molar-refractivity contribution is -0.119. The maximum absolute atomic E-state index is 12.8. The van der Waals surface area contributed by atoms with E-state index < -0.39 is 6.04 Å². The van der Waals surface area contributed by atoms with Gasteiger partial charge in [0.25, 0.3) is 5.91 Å². The van der Waals surface area contributed by atoms with Gasteiger partial charge in [-0.2, -0.15) is 0 Å². The molecule has 0 spiro atoms. The van der Waals surface area contributed by atoms with E-state index >= 15 is 0 Å². The van der Waals surface area contributed by atoms with Crippen molar-refractivity contribution in [3.8, 4) is 0 Å². The third-order valence-corrected chi connectivity index (χ3v) is 5.36. The van der Waals surface area contributed by atoms with Crippen LogP contribution in [-0.2, 0) is 4.79 Å². The van der Waals surface area contributed by atoms with E-state index in [-0.39, 0.29) is 11.8 Å². The first-order chi connectivity index (χ1) is 12.0. The van der Waals surface area contributed by atoms with Crippen LogP contribution in [0.2, 0.25) is 10.0 Å². The van der Waals surface area contributed by atoms with Gasteiger partial charge >= 0.3 is 0 Å². The second-order valence-corrected chi connectivity index (χ2v) is 7.45. The van der Waals surface area contributed by atoms with E-state index in [2.05, 4.69) is 21.2 Å². The quantitative estimate of drug-likeness (QED) is 0.728. The number of hydrogen-bond donors (Lipinski definition) is 1. The molecule has 1 atom stereocenters. The third-order valence-electron chi connectivity index (χ3n) is 4.11. The van der Waals surface area contributed by atoms with Crippen LogP contribution in [0, 0.1) is 0 Å². The molecule has 1 fully saturated rings. The standard InChI is InChI=1S/C18H15BrCl2N2O2/c19-13-4-1-2-5-15(13)22-17(24)16-6-3-9-23(16)18(25)12-10-11(20)7-8-14(12)21/h1-2,4-5,7-8,10,16H,3,6,9H2,(H,22,24). The number of hydrogen-bond acceptors (Lipinski definition) is 2. The van der Waals surface area contributed by atoms with Gasteiger partial charge in [0.2, 0.25) is 5.91 Å². The van der Waals surface area contributed by atoms with Crippen LogP contribution >= 0.6 is 39.1 Å². The fourth-order valence-corrected chi connectivity index (χ4v) is 3.63. The molecule has 2 aromatic rings. The van der Waals surface area contributed by atoms with Crippen molar-refractivity contribution in [2.24, 2.45) is 0 Å². The summed E-state index contributed by atoms with van der Waals surface area (Å²) < 4.78 is 0.789. The normalized spacial score (nSPS) is 16.8. The summed E-state index contributed by atoms with van der Waals surface area (Å²) in [4.78, 5) is 27.1. The Labute approximate surface area is 164 Å². The minimum absolute atomic E-state index is 0.212. The van der Waals surface area contributed by atoms with E-state index in [9.17, 15) is 9.59 Å². The topological polar surface area (TPSA) is 49.4 Å². The number of benzene rings is 2. The van der Waals surface area contributed by atoms with Crippen molar-refractivity contribution in [1.82, 2.24) is 4.90 Å². The lowest BCUT2D eigenvalue weighted by Gasteiger charge is -2.24. The van der Waals surface area contributed by atoms with Crippen LogP contribution in [0.1, 0.15) is 23.2 Å². The molecule has 0 bridgehead atoms. The molecule has 7 heteroatoms. The average molecular weight is 442 g/mol. The maximum atomic E-state index is 12.8. The van der Waals surface area contributed by atoms with Crippen molar-refractivity contribution in [2.45, 2.75) is 18.9 Å². The van der Waals surface area contributed by atoms with Gasteiger partial charge in [0, 0.05) is 16.0 Å². The minimum Gasteiger partial charge on any atom is -0.327 e. The van der Waals surface area contributed by atoms with Gasteiger partial charge in [-0.05, 0) is 59.1 Å². The molecule has 130 valence electrons. The number of nitrogens with one attached hydrogen (secondary N) is 1. The smallest absolute Gasteiger partial charge is 0.256 e. The van der Waals surface area contributed by atoms with Crippen molar-refractivity contribution in [3.63, 3.8) is 0 Å². The van der Waals surface area contributed by atoms with Crippen molar-refractivity contribution in [1.29, 1.82) is 0 Å². The predicted molar refractivity (Wildman–Crippen MR) is 103 cm³/mol. The zero-order valence-electron chi connectivity index (χ0n) is 13.1. The van der Waals surface area contributed by atoms with Crippen LogP contribution in [0.15, 0.2) is 46.9 Å². The molecule has 0 aliphatic carbocycles. The minimum atomic E-state index is -0.533. The third kappa shape index (κ3) is 4.00. The first-order valence-electron chi connectivity index (χ1n) is 7.79. The Morgan fingerprint density at radius 3 is 2.68 bits per heavy atom. The molecule has 1 aliphatic heterocycles. The second-order valence-electron chi connectivity index (χ2n) is 5.75. The number of carbonyl (C=O) groups excluding carboxylic acids is 2. The number of para-hydroxylation sites is 1. The Morgan fingerprint density at radius 2 is 1.92 bits per heavy atom. The Hall–Kier alpha value is -1.56. The van der Waals surface area contributed by atoms with Gasteiger partial charge in [-0.15, -0.1) is 0 Å². The molecule has 1 saturated heterocycles. The van der Waals surface area contributed by atoms with Crippen LogP contribution in [0.3, 0.4) is 0 Å². The molecule has 2 aromatic carbocycles. The van der Waals surface area contributed by atoms with Crippen LogP contribution in [0.5, 0.6) is 0 Å². The van der Waals surface area contributed by atoms with E-state index in [0.29, 0.717) is 34.3 Å². The molecule has 1 N–H and O–H groups in total. The monoisotopic (exact) mass is 440 g/mol. The highest BCUT2D eigenvalue weighted by Gasteiger charge is 2.35. The van der Waals surface area contributed by atoms with Gasteiger partial charge in [-0.3, -0.25) is 9.59 Å². The van der Waals surface area contributed by atoms with Crippen molar-refractivity contribution >= 4 is 56.6 Å². The Balaban J connectivity index is 1.80. The molecule has 0 saturated carbocycles. The van der Waals surface area contributed by atoms with E-state index in [1.807, 2.05) is 18.2 Å². The zero-order valence-corrected chi connectivity index (χ0v) is 16.2. The van der Waals surface area contributed by atoms with Crippen molar-refractivity contribution < 1.29 is 9.59 Å². The first kappa shape index (κ1) is 18.2. The highest BCUT2D eigenvalue weighted by atomic mass is 79.9. The average Bonchev–Trinajstić information content (AvgIpc) is 3.08. The lowest BCUT2D eigenvalue weighted by Crippen LogP contribution is -2.43. The molecule has 3 rings (SSSR count). The summed E-state index contributed by atoms with van der Waals surface area (Å²) in [6.45, 7) is 0.510. The molecule has 0 aromatic heterocycles. The highest BCUT2D eigenvalue weighted by molar-refractivity contribution is 9.10. The molecule has 4 nitrogen and oxygen atoms in total. The lowest BCUT2D eigenvalue weighted by atomic mass is 10.1. The summed E-state index contributed by atoms with van der Waals surface area (Å²) in [5, 5.41) is 3.63. The first-order valence-corrected chi connectivity index (χ1v) is 9.33. The molecule has 1 aliphatic rings. The van der Waals surface area contributed by atoms with Crippen LogP contribution in [-0.4, -0.2) is 29.3 Å². The fourth-order valence-electron chi connectivity index (χ4n) is 2.88. The van der Waals surface area contributed by atoms with Crippen LogP contribution in [0.25, 0.3) is 0 Å². The summed E-state index contributed by atoms with van der Waals surface area (Å²) in [7, 11) is 0. The van der Waals surface area contributed by atoms with Crippen LogP contribution < -0.4 is 5.32 Å². The predicted octanol–water partition coefficient (Wildman–Crippen LogP) is 5.00. The second kappa shape index (κ2) is 7.77. The number of likely N-dealkylation sites (tertiary alicyclic amines) is 1. The number of nitrogens with zero attached hydrogens (tertiary/aromatic N) is 1. The molecule has 1 unspecified atom stereocenters. The maximum Gasteiger partial charge on any atom is 0.256 e. The van der Waals surface area contributed by atoms with E-state index in [1.165, 1.54) is 6.07 Å². The van der Waals surface area contributed by atoms with Gasteiger partial charge in [0.1, 0.15) is 6.04 Å². The SMILES string of the molecule is O=C(Nc1ccccc1Br)C1CCCN1C(=O)c1cc(Cl)ccc1Cl. The van der Waals surface area contributed by atoms with Gasteiger partial charge in [0.15, 0.2) is 0 Å². The number of anilines is 1. The molecule has 25 heavy (non-hydrogen) atoms. The number of rotatable bonds is 3. The highest BCUT2D eigenvalue weighted by Crippen LogP contribution is 2.28. The van der Waals surface area contributed by atoms with Crippen molar-refractivity contribution in [2.75, 3.05) is 11.9 Å².